The van der Waals surface area contributed by atoms with Crippen LogP contribution in [0.1, 0.15) is 10.4 Å². The number of carboxylic acids is 1. The van der Waals surface area contributed by atoms with Gasteiger partial charge >= 0.3 is 5.97 Å². The van der Waals surface area contributed by atoms with E-state index in [0.29, 0.717) is 4.47 Å². The Labute approximate surface area is 76.8 Å². The number of phenolic OH excluding ortho intramolecular Hbond substituents is 1. The SMILES string of the molecule is Nc1cc(C(=O)O)c(Br)cc1O. The molecule has 1 rings (SSSR count). The summed E-state index contributed by atoms with van der Waals surface area (Å²) in [5, 5.41) is 17.7. The maximum Gasteiger partial charge on any atom is 0.336 e. The number of carboxylic acid groups (broad SMARTS) is 1. The zero-order chi connectivity index (χ0) is 9.30. The standard InChI is InChI=1S/C7H6BrNO3/c8-4-2-6(10)5(9)1-3(4)7(11)12/h1-2,10H,9H2,(H,11,12). The van der Waals surface area contributed by atoms with Crippen LogP contribution < -0.4 is 5.73 Å². The summed E-state index contributed by atoms with van der Waals surface area (Å²) in [6.45, 7) is 0. The van der Waals surface area contributed by atoms with E-state index < -0.39 is 5.97 Å². The molecule has 0 fully saturated rings. The molecule has 0 radical (unpaired) electrons. The third-order valence-corrected chi connectivity index (χ3v) is 2.00. The van der Waals surface area contributed by atoms with Gasteiger partial charge in [0.05, 0.1) is 11.3 Å². The zero-order valence-electron chi connectivity index (χ0n) is 5.91. The number of benzene rings is 1. The van der Waals surface area contributed by atoms with Crippen LogP contribution in [0.25, 0.3) is 0 Å². The van der Waals surface area contributed by atoms with E-state index in [4.69, 9.17) is 15.9 Å². The molecule has 4 N–H and O–H groups in total. The largest absolute Gasteiger partial charge is 0.506 e. The number of hydrogen-bond acceptors (Lipinski definition) is 3. The smallest absolute Gasteiger partial charge is 0.336 e. The van der Waals surface area contributed by atoms with Crippen molar-refractivity contribution in [2.45, 2.75) is 0 Å². The highest BCUT2D eigenvalue weighted by Crippen LogP contribution is 2.28. The number of aromatic carboxylic acids is 1. The molecule has 0 bridgehead atoms. The van der Waals surface area contributed by atoms with Crippen molar-refractivity contribution in [1.82, 2.24) is 0 Å². The van der Waals surface area contributed by atoms with Gasteiger partial charge in [0.25, 0.3) is 0 Å². The van der Waals surface area contributed by atoms with Crippen molar-refractivity contribution < 1.29 is 15.0 Å². The maximum atomic E-state index is 10.5. The molecule has 0 aromatic heterocycles. The van der Waals surface area contributed by atoms with Gasteiger partial charge in [-0.3, -0.25) is 0 Å². The Balaban J connectivity index is 3.33. The van der Waals surface area contributed by atoms with Crippen LogP contribution in [-0.2, 0) is 0 Å². The molecule has 0 spiro atoms. The molecule has 5 heteroatoms. The minimum Gasteiger partial charge on any atom is -0.506 e. The Morgan fingerprint density at radius 3 is 2.58 bits per heavy atom. The molecule has 64 valence electrons. The average Bonchev–Trinajstić information content (AvgIpc) is 1.96. The summed E-state index contributed by atoms with van der Waals surface area (Å²) in [6.07, 6.45) is 0. The molecule has 0 aliphatic carbocycles. The van der Waals surface area contributed by atoms with Gasteiger partial charge in [-0.25, -0.2) is 4.79 Å². The number of hydrogen-bond donors (Lipinski definition) is 3. The minimum atomic E-state index is -1.09. The lowest BCUT2D eigenvalue weighted by molar-refractivity contribution is 0.0696. The molecule has 0 saturated heterocycles. The monoisotopic (exact) mass is 231 g/mol. The highest BCUT2D eigenvalue weighted by Gasteiger charge is 2.10. The Hall–Kier alpha value is -1.23. The van der Waals surface area contributed by atoms with Crippen molar-refractivity contribution in [1.29, 1.82) is 0 Å². The van der Waals surface area contributed by atoms with Crippen LogP contribution in [0.15, 0.2) is 16.6 Å². The van der Waals surface area contributed by atoms with E-state index in [0.717, 1.165) is 0 Å². The first kappa shape index (κ1) is 8.86. The van der Waals surface area contributed by atoms with Crippen LogP contribution >= 0.6 is 15.9 Å². The van der Waals surface area contributed by atoms with Crippen LogP contribution in [-0.4, -0.2) is 16.2 Å². The number of phenols is 1. The number of nitrogen functional groups attached to an aromatic ring is 1. The van der Waals surface area contributed by atoms with Crippen LogP contribution in [0.4, 0.5) is 5.69 Å². The number of carbonyl (C=O) groups is 1. The highest BCUT2D eigenvalue weighted by molar-refractivity contribution is 9.10. The first-order valence-electron chi connectivity index (χ1n) is 3.03. The number of nitrogens with two attached hydrogens (primary N) is 1. The van der Waals surface area contributed by atoms with Crippen molar-refractivity contribution in [3.63, 3.8) is 0 Å². The second-order valence-corrected chi connectivity index (χ2v) is 3.05. The molecule has 0 aliphatic heterocycles. The summed E-state index contributed by atoms with van der Waals surface area (Å²) >= 11 is 2.99. The molecule has 4 nitrogen and oxygen atoms in total. The van der Waals surface area contributed by atoms with Crippen LogP contribution in [0.3, 0.4) is 0 Å². The molecule has 0 saturated carbocycles. The van der Waals surface area contributed by atoms with Crippen molar-refractivity contribution in [2.75, 3.05) is 5.73 Å². The topological polar surface area (TPSA) is 83.6 Å². The fourth-order valence-corrected chi connectivity index (χ4v) is 1.24. The third kappa shape index (κ3) is 1.50. The molecule has 0 aliphatic rings. The van der Waals surface area contributed by atoms with Gasteiger partial charge in [0.15, 0.2) is 0 Å². The maximum absolute atomic E-state index is 10.5. The summed E-state index contributed by atoms with van der Waals surface area (Å²) in [6, 6.07) is 2.44. The van der Waals surface area contributed by atoms with Crippen LogP contribution in [0.2, 0.25) is 0 Å². The van der Waals surface area contributed by atoms with Gasteiger partial charge in [-0.1, -0.05) is 0 Å². The Kier molecular flexibility index (Phi) is 2.23. The van der Waals surface area contributed by atoms with Gasteiger partial charge in [0.1, 0.15) is 5.75 Å². The van der Waals surface area contributed by atoms with Gasteiger partial charge in [0.2, 0.25) is 0 Å². The van der Waals surface area contributed by atoms with Crippen LogP contribution in [0, 0.1) is 0 Å². The lowest BCUT2D eigenvalue weighted by Gasteiger charge is -2.02. The quantitative estimate of drug-likeness (QED) is 0.505. The molecular formula is C7H6BrNO3. The lowest BCUT2D eigenvalue weighted by atomic mass is 10.2. The summed E-state index contributed by atoms with van der Waals surface area (Å²) in [7, 11) is 0. The van der Waals surface area contributed by atoms with Crippen molar-refractivity contribution in [3.05, 3.63) is 22.2 Å². The lowest BCUT2D eigenvalue weighted by Crippen LogP contribution is -1.99. The fraction of sp³-hybridized carbons (Fsp3) is 0. The van der Waals surface area contributed by atoms with E-state index in [9.17, 15) is 4.79 Å². The van der Waals surface area contributed by atoms with E-state index in [1.54, 1.807) is 0 Å². The second kappa shape index (κ2) is 3.02. The van der Waals surface area contributed by atoms with Crippen molar-refractivity contribution in [3.8, 4) is 5.75 Å². The fourth-order valence-electron chi connectivity index (χ4n) is 0.743. The summed E-state index contributed by atoms with van der Waals surface area (Å²) in [5.74, 6) is -1.22. The Morgan fingerprint density at radius 1 is 1.50 bits per heavy atom. The Morgan fingerprint density at radius 2 is 2.08 bits per heavy atom. The van der Waals surface area contributed by atoms with Crippen molar-refractivity contribution >= 4 is 27.6 Å². The molecule has 0 atom stereocenters. The average molecular weight is 232 g/mol. The van der Waals surface area contributed by atoms with E-state index in [1.807, 2.05) is 0 Å². The third-order valence-electron chi connectivity index (χ3n) is 1.35. The molecule has 1 aromatic carbocycles. The predicted octanol–water partition coefficient (Wildman–Crippen LogP) is 1.44. The van der Waals surface area contributed by atoms with E-state index in [-0.39, 0.29) is 17.0 Å². The molecule has 12 heavy (non-hydrogen) atoms. The normalized spacial score (nSPS) is 9.75. The van der Waals surface area contributed by atoms with Gasteiger partial charge in [-0.15, -0.1) is 0 Å². The van der Waals surface area contributed by atoms with Crippen LogP contribution in [0.5, 0.6) is 5.75 Å². The number of halogens is 1. The van der Waals surface area contributed by atoms with E-state index >= 15 is 0 Å². The van der Waals surface area contributed by atoms with E-state index in [1.165, 1.54) is 12.1 Å². The Bertz CT molecular complexity index is 338. The predicted molar refractivity (Wildman–Crippen MR) is 47.2 cm³/mol. The number of anilines is 1. The first-order valence-corrected chi connectivity index (χ1v) is 3.83. The number of rotatable bonds is 1. The summed E-state index contributed by atoms with van der Waals surface area (Å²) in [5.41, 5.74) is 5.38. The molecule has 0 heterocycles. The molecule has 0 amide bonds. The van der Waals surface area contributed by atoms with Gasteiger partial charge in [-0.05, 0) is 28.1 Å². The van der Waals surface area contributed by atoms with E-state index in [2.05, 4.69) is 15.9 Å². The number of aromatic hydroxyl groups is 1. The van der Waals surface area contributed by atoms with Gasteiger partial charge in [-0.2, -0.15) is 0 Å². The zero-order valence-corrected chi connectivity index (χ0v) is 7.50. The van der Waals surface area contributed by atoms with Gasteiger partial charge in [0, 0.05) is 4.47 Å². The summed E-state index contributed by atoms with van der Waals surface area (Å²) < 4.78 is 0.307. The second-order valence-electron chi connectivity index (χ2n) is 2.20. The molecule has 1 aromatic rings. The first-order chi connectivity index (χ1) is 5.52. The van der Waals surface area contributed by atoms with Crippen molar-refractivity contribution in [2.24, 2.45) is 0 Å². The summed E-state index contributed by atoms with van der Waals surface area (Å²) in [4.78, 5) is 10.5. The molecule has 0 unspecified atom stereocenters. The highest BCUT2D eigenvalue weighted by atomic mass is 79.9. The minimum absolute atomic E-state index is 0.0327. The molecular weight excluding hydrogens is 226 g/mol. The van der Waals surface area contributed by atoms with Gasteiger partial charge < -0.3 is 15.9 Å².